The number of hydrogen-bond acceptors (Lipinski definition) is 3. The zero-order valence-electron chi connectivity index (χ0n) is 11.2. The second-order valence-corrected chi connectivity index (χ2v) is 6.36. The molecular weight excluding hydrogens is 332 g/mol. The number of anilines is 1. The Morgan fingerprint density at radius 3 is 2.86 bits per heavy atom. The van der Waals surface area contributed by atoms with E-state index in [1.807, 2.05) is 6.07 Å². The number of carbonyl (C=O) groups excluding carboxylic acids is 2. The molecule has 1 N–H and O–H groups in total. The van der Waals surface area contributed by atoms with Crippen molar-refractivity contribution in [3.63, 3.8) is 0 Å². The molecule has 0 bridgehead atoms. The third-order valence-electron chi connectivity index (χ3n) is 4.29. The lowest BCUT2D eigenvalue weighted by Crippen LogP contribution is -2.51. The maximum atomic E-state index is 12.1. The Morgan fingerprint density at radius 2 is 2.05 bits per heavy atom. The topological polar surface area (TPSA) is 49.4 Å². The normalized spacial score (nSPS) is 21.0. The highest BCUT2D eigenvalue weighted by atomic mass is 79.9. The minimum Gasteiger partial charge on any atom is -0.355 e. The summed E-state index contributed by atoms with van der Waals surface area (Å²) < 4.78 is 1.06. The quantitative estimate of drug-likeness (QED) is 0.809. The Balaban J connectivity index is 1.81. The van der Waals surface area contributed by atoms with Crippen LogP contribution in [-0.4, -0.2) is 17.9 Å². The highest BCUT2D eigenvalue weighted by molar-refractivity contribution is 9.10. The first-order chi connectivity index (χ1) is 10.1. The molecule has 2 aromatic carbocycles. The van der Waals surface area contributed by atoms with Crippen molar-refractivity contribution in [2.24, 2.45) is 0 Å². The summed E-state index contributed by atoms with van der Waals surface area (Å²) in [5.41, 5.74) is 2.31. The van der Waals surface area contributed by atoms with Crippen LogP contribution in [0, 0.1) is 0 Å². The van der Waals surface area contributed by atoms with E-state index >= 15 is 0 Å². The van der Waals surface area contributed by atoms with Gasteiger partial charge in [-0.1, -0.05) is 34.1 Å². The van der Waals surface area contributed by atoms with Crippen LogP contribution in [0.1, 0.15) is 18.4 Å². The van der Waals surface area contributed by atoms with Crippen molar-refractivity contribution in [2.75, 3.05) is 4.90 Å². The summed E-state index contributed by atoms with van der Waals surface area (Å²) >= 11 is 3.59. The van der Waals surface area contributed by atoms with E-state index in [0.717, 1.165) is 16.7 Å². The van der Waals surface area contributed by atoms with Gasteiger partial charge in [0.1, 0.15) is 6.04 Å². The fraction of sp³-hybridized carbons (Fsp3) is 0.250. The Kier molecular flexibility index (Phi) is 2.79. The number of benzene rings is 2. The molecule has 21 heavy (non-hydrogen) atoms. The van der Waals surface area contributed by atoms with E-state index in [1.165, 1.54) is 16.3 Å². The highest BCUT2D eigenvalue weighted by Gasteiger charge is 2.35. The van der Waals surface area contributed by atoms with Gasteiger partial charge in [0, 0.05) is 28.5 Å². The van der Waals surface area contributed by atoms with Crippen molar-refractivity contribution in [3.05, 3.63) is 40.4 Å². The molecule has 5 heteroatoms. The molecule has 0 saturated carbocycles. The molecule has 0 aromatic heterocycles. The average molecular weight is 345 g/mol. The molecule has 1 unspecified atom stereocenters. The van der Waals surface area contributed by atoms with E-state index in [0.29, 0.717) is 12.8 Å². The summed E-state index contributed by atoms with van der Waals surface area (Å²) in [6.45, 7) is 0.718. The summed E-state index contributed by atoms with van der Waals surface area (Å²) in [7, 11) is 0. The van der Waals surface area contributed by atoms with Crippen LogP contribution in [0.5, 0.6) is 0 Å². The largest absolute Gasteiger partial charge is 0.355 e. The molecule has 2 heterocycles. The van der Waals surface area contributed by atoms with Gasteiger partial charge in [0.25, 0.3) is 0 Å². The van der Waals surface area contributed by atoms with Gasteiger partial charge in [-0.05, 0) is 29.5 Å². The molecule has 2 aliphatic heterocycles. The lowest BCUT2D eigenvalue weighted by atomic mass is 10.0. The van der Waals surface area contributed by atoms with Gasteiger partial charge < -0.3 is 4.90 Å². The van der Waals surface area contributed by atoms with Crippen LogP contribution in [0.15, 0.2) is 34.8 Å². The van der Waals surface area contributed by atoms with Gasteiger partial charge in [0.15, 0.2) is 0 Å². The number of nitrogens with one attached hydrogen (secondary N) is 1. The van der Waals surface area contributed by atoms with Gasteiger partial charge in [-0.2, -0.15) is 0 Å². The van der Waals surface area contributed by atoms with Gasteiger partial charge in [0.2, 0.25) is 11.8 Å². The van der Waals surface area contributed by atoms with Gasteiger partial charge >= 0.3 is 0 Å². The summed E-state index contributed by atoms with van der Waals surface area (Å²) in [4.78, 5) is 25.6. The fourth-order valence-electron chi connectivity index (χ4n) is 3.32. The first-order valence-electron chi connectivity index (χ1n) is 6.95. The Labute approximate surface area is 130 Å². The predicted molar refractivity (Wildman–Crippen MR) is 84.0 cm³/mol. The molecular formula is C16H13BrN2O2. The van der Waals surface area contributed by atoms with Crippen molar-refractivity contribution in [1.82, 2.24) is 5.32 Å². The summed E-state index contributed by atoms with van der Waals surface area (Å²) in [6, 6.07) is 10.0. The molecule has 106 valence electrons. The lowest BCUT2D eigenvalue weighted by Gasteiger charge is -2.31. The predicted octanol–water partition coefficient (Wildman–Crippen LogP) is 2.73. The fourth-order valence-corrected chi connectivity index (χ4v) is 3.78. The van der Waals surface area contributed by atoms with E-state index in [9.17, 15) is 9.59 Å². The van der Waals surface area contributed by atoms with E-state index in [1.54, 1.807) is 0 Å². The van der Waals surface area contributed by atoms with Gasteiger partial charge in [-0.15, -0.1) is 0 Å². The van der Waals surface area contributed by atoms with Crippen LogP contribution >= 0.6 is 15.9 Å². The average Bonchev–Trinajstić information content (AvgIpc) is 2.83. The number of hydrogen-bond donors (Lipinski definition) is 1. The summed E-state index contributed by atoms with van der Waals surface area (Å²) in [6.07, 6.45) is 0.985. The zero-order valence-corrected chi connectivity index (χ0v) is 12.8. The molecule has 2 aromatic rings. The van der Waals surface area contributed by atoms with Crippen LogP contribution in [0.2, 0.25) is 0 Å². The monoisotopic (exact) mass is 344 g/mol. The van der Waals surface area contributed by atoms with Crippen LogP contribution in [0.3, 0.4) is 0 Å². The number of rotatable bonds is 1. The van der Waals surface area contributed by atoms with E-state index in [2.05, 4.69) is 50.4 Å². The SMILES string of the molecule is O=C1CCC(N2Cc3ccc(Br)c4cccc2c34)C(=O)N1. The second kappa shape index (κ2) is 4.56. The number of halogens is 1. The molecule has 1 fully saturated rings. The van der Waals surface area contributed by atoms with Crippen molar-refractivity contribution in [3.8, 4) is 0 Å². The van der Waals surface area contributed by atoms with Crippen molar-refractivity contribution >= 4 is 44.2 Å². The molecule has 2 amide bonds. The van der Waals surface area contributed by atoms with Crippen molar-refractivity contribution < 1.29 is 9.59 Å². The smallest absolute Gasteiger partial charge is 0.249 e. The lowest BCUT2D eigenvalue weighted by molar-refractivity contribution is -0.134. The minimum absolute atomic E-state index is 0.172. The van der Waals surface area contributed by atoms with Crippen molar-refractivity contribution in [1.29, 1.82) is 0 Å². The second-order valence-electron chi connectivity index (χ2n) is 5.50. The zero-order chi connectivity index (χ0) is 14.6. The molecule has 1 atom stereocenters. The van der Waals surface area contributed by atoms with E-state index in [-0.39, 0.29) is 17.9 Å². The maximum Gasteiger partial charge on any atom is 0.249 e. The Morgan fingerprint density at radius 1 is 1.19 bits per heavy atom. The summed E-state index contributed by atoms with van der Waals surface area (Å²) in [5.74, 6) is -0.357. The number of carbonyl (C=O) groups is 2. The molecule has 0 radical (unpaired) electrons. The van der Waals surface area contributed by atoms with Crippen LogP contribution in [0.4, 0.5) is 5.69 Å². The number of nitrogens with zero attached hydrogens (tertiary/aromatic N) is 1. The van der Waals surface area contributed by atoms with Crippen LogP contribution in [0.25, 0.3) is 10.8 Å². The maximum absolute atomic E-state index is 12.1. The first kappa shape index (κ1) is 12.8. The molecule has 4 nitrogen and oxygen atoms in total. The van der Waals surface area contributed by atoms with E-state index in [4.69, 9.17) is 0 Å². The van der Waals surface area contributed by atoms with Gasteiger partial charge in [-0.25, -0.2) is 0 Å². The molecule has 2 aliphatic rings. The number of imide groups is 1. The molecule has 0 spiro atoms. The van der Waals surface area contributed by atoms with E-state index < -0.39 is 0 Å². The molecule has 4 rings (SSSR count). The minimum atomic E-state index is -0.264. The third kappa shape index (κ3) is 1.87. The van der Waals surface area contributed by atoms with Gasteiger partial charge in [0.05, 0.1) is 0 Å². The highest BCUT2D eigenvalue weighted by Crippen LogP contribution is 2.41. The molecule has 1 saturated heterocycles. The standard InChI is InChI=1S/C16H13BrN2O2/c17-11-5-4-9-8-19(12-3-1-2-10(11)15(9)12)13-6-7-14(20)18-16(13)21/h1-5,13H,6-8H2,(H,18,20,21). The Bertz CT molecular complexity index is 787. The Hall–Kier alpha value is -1.88. The first-order valence-corrected chi connectivity index (χ1v) is 7.75. The summed E-state index contributed by atoms with van der Waals surface area (Å²) in [5, 5.41) is 4.82. The third-order valence-corrected chi connectivity index (χ3v) is 4.98. The number of piperidine rings is 1. The van der Waals surface area contributed by atoms with Crippen LogP contribution in [-0.2, 0) is 16.1 Å². The number of amides is 2. The van der Waals surface area contributed by atoms with Crippen molar-refractivity contribution in [2.45, 2.75) is 25.4 Å². The van der Waals surface area contributed by atoms with Crippen LogP contribution < -0.4 is 10.2 Å². The van der Waals surface area contributed by atoms with Gasteiger partial charge in [-0.3, -0.25) is 14.9 Å². The molecule has 0 aliphatic carbocycles.